The molecule has 140 valence electrons. The van der Waals surface area contributed by atoms with Crippen LogP contribution >= 0.6 is 47.8 Å². The van der Waals surface area contributed by atoms with E-state index in [0.717, 1.165) is 0 Å². The van der Waals surface area contributed by atoms with E-state index in [-0.39, 0.29) is 16.7 Å². The maximum Gasteiger partial charge on any atom is 0.267 e. The van der Waals surface area contributed by atoms with Gasteiger partial charge in [0.2, 0.25) is 0 Å². The standard InChI is InChI=1S/C21H12Br3NO3/c22-16-7-1-4-13(10-16)19(26)25(20(27)14-5-2-8-17(23)11-14)21(28)15-6-3-9-18(24)12-15/h1-12H. The van der Waals surface area contributed by atoms with E-state index in [9.17, 15) is 14.4 Å². The molecule has 0 aliphatic carbocycles. The number of hydrogen-bond donors (Lipinski definition) is 0. The van der Waals surface area contributed by atoms with Crippen molar-refractivity contribution in [1.82, 2.24) is 4.90 Å². The molecule has 0 bridgehead atoms. The van der Waals surface area contributed by atoms with Crippen molar-refractivity contribution in [2.24, 2.45) is 0 Å². The lowest BCUT2D eigenvalue weighted by molar-refractivity contribution is 0.0538. The quantitative estimate of drug-likeness (QED) is 0.361. The Labute approximate surface area is 186 Å². The van der Waals surface area contributed by atoms with Gasteiger partial charge in [-0.05, 0) is 54.6 Å². The van der Waals surface area contributed by atoms with Crippen molar-refractivity contribution in [3.63, 3.8) is 0 Å². The predicted molar refractivity (Wildman–Crippen MR) is 117 cm³/mol. The number of benzene rings is 3. The van der Waals surface area contributed by atoms with Gasteiger partial charge in [-0.2, -0.15) is 0 Å². The Balaban J connectivity index is 2.09. The van der Waals surface area contributed by atoms with Gasteiger partial charge in [0.1, 0.15) is 0 Å². The van der Waals surface area contributed by atoms with Crippen LogP contribution in [0, 0.1) is 0 Å². The lowest BCUT2D eigenvalue weighted by atomic mass is 10.1. The lowest BCUT2D eigenvalue weighted by Gasteiger charge is -2.20. The van der Waals surface area contributed by atoms with Gasteiger partial charge in [-0.25, -0.2) is 4.90 Å². The van der Waals surface area contributed by atoms with Crippen LogP contribution in [0.2, 0.25) is 0 Å². The molecule has 0 radical (unpaired) electrons. The first-order valence-electron chi connectivity index (χ1n) is 8.06. The second-order valence-electron chi connectivity index (χ2n) is 5.78. The Morgan fingerprint density at radius 1 is 0.536 bits per heavy atom. The summed E-state index contributed by atoms with van der Waals surface area (Å²) in [6, 6.07) is 19.7. The molecule has 3 aromatic carbocycles. The molecule has 3 aromatic rings. The van der Waals surface area contributed by atoms with Crippen molar-refractivity contribution in [2.75, 3.05) is 0 Å². The third-order valence-electron chi connectivity index (χ3n) is 3.82. The molecule has 0 aliphatic heterocycles. The molecule has 3 rings (SSSR count). The van der Waals surface area contributed by atoms with Gasteiger partial charge < -0.3 is 0 Å². The molecule has 0 unspecified atom stereocenters. The topological polar surface area (TPSA) is 54.5 Å². The fraction of sp³-hybridized carbons (Fsp3) is 0. The average Bonchev–Trinajstić information content (AvgIpc) is 2.68. The van der Waals surface area contributed by atoms with Crippen LogP contribution in [0.3, 0.4) is 0 Å². The van der Waals surface area contributed by atoms with Crippen molar-refractivity contribution < 1.29 is 14.4 Å². The summed E-state index contributed by atoms with van der Waals surface area (Å²) >= 11 is 9.93. The molecule has 7 heteroatoms. The molecular formula is C21H12Br3NO3. The van der Waals surface area contributed by atoms with E-state index in [1.807, 2.05) is 0 Å². The van der Waals surface area contributed by atoms with Crippen molar-refractivity contribution in [3.8, 4) is 0 Å². The summed E-state index contributed by atoms with van der Waals surface area (Å²) in [6.07, 6.45) is 0. The van der Waals surface area contributed by atoms with E-state index in [1.54, 1.807) is 72.8 Å². The number of carbonyl (C=O) groups is 3. The molecule has 0 saturated carbocycles. The average molecular weight is 566 g/mol. The van der Waals surface area contributed by atoms with E-state index >= 15 is 0 Å². The summed E-state index contributed by atoms with van der Waals surface area (Å²) in [6.45, 7) is 0. The Bertz CT molecular complexity index is 945. The number of amides is 3. The summed E-state index contributed by atoms with van der Waals surface area (Å²) < 4.78 is 2.01. The van der Waals surface area contributed by atoms with Crippen LogP contribution < -0.4 is 0 Å². The summed E-state index contributed by atoms with van der Waals surface area (Å²) in [5, 5.41) is 0. The van der Waals surface area contributed by atoms with Gasteiger partial charge in [0.05, 0.1) is 0 Å². The number of rotatable bonds is 3. The Morgan fingerprint density at radius 2 is 0.821 bits per heavy atom. The van der Waals surface area contributed by atoms with Gasteiger partial charge in [-0.1, -0.05) is 66.0 Å². The normalized spacial score (nSPS) is 10.4. The van der Waals surface area contributed by atoms with Crippen LogP contribution in [0.5, 0.6) is 0 Å². The number of carbonyl (C=O) groups excluding carboxylic acids is 3. The number of imide groups is 3. The Hall–Kier alpha value is -2.09. The van der Waals surface area contributed by atoms with Gasteiger partial charge >= 0.3 is 0 Å². The van der Waals surface area contributed by atoms with E-state index in [2.05, 4.69) is 47.8 Å². The Kier molecular flexibility index (Phi) is 6.59. The smallest absolute Gasteiger partial charge is 0.267 e. The van der Waals surface area contributed by atoms with Crippen LogP contribution in [0.4, 0.5) is 0 Å². The number of nitrogens with zero attached hydrogens (tertiary/aromatic N) is 1. The van der Waals surface area contributed by atoms with Gasteiger partial charge in [0, 0.05) is 30.1 Å². The molecule has 0 N–H and O–H groups in total. The molecule has 0 aromatic heterocycles. The molecular weight excluding hydrogens is 554 g/mol. The fourth-order valence-corrected chi connectivity index (χ4v) is 3.73. The summed E-state index contributed by atoms with van der Waals surface area (Å²) in [4.78, 5) is 40.1. The van der Waals surface area contributed by atoms with Gasteiger partial charge in [0.25, 0.3) is 17.7 Å². The molecule has 0 fully saturated rings. The highest BCUT2D eigenvalue weighted by molar-refractivity contribution is 9.11. The lowest BCUT2D eigenvalue weighted by Crippen LogP contribution is -2.42. The van der Waals surface area contributed by atoms with Crippen LogP contribution in [0.1, 0.15) is 31.1 Å². The van der Waals surface area contributed by atoms with Crippen molar-refractivity contribution >= 4 is 65.5 Å². The highest BCUT2D eigenvalue weighted by Crippen LogP contribution is 2.21. The maximum absolute atomic E-state index is 13.1. The van der Waals surface area contributed by atoms with Crippen molar-refractivity contribution in [3.05, 3.63) is 103 Å². The zero-order valence-corrected chi connectivity index (χ0v) is 19.0. The molecule has 0 spiro atoms. The molecule has 28 heavy (non-hydrogen) atoms. The van der Waals surface area contributed by atoms with Crippen LogP contribution in [0.15, 0.2) is 86.2 Å². The molecule has 0 atom stereocenters. The third-order valence-corrected chi connectivity index (χ3v) is 5.30. The van der Waals surface area contributed by atoms with Crippen LogP contribution in [-0.2, 0) is 0 Å². The van der Waals surface area contributed by atoms with Crippen LogP contribution in [-0.4, -0.2) is 22.6 Å². The molecule has 0 aliphatic rings. The highest BCUT2D eigenvalue weighted by atomic mass is 79.9. The first kappa shape index (κ1) is 20.6. The second-order valence-corrected chi connectivity index (χ2v) is 8.53. The molecule has 0 heterocycles. The maximum atomic E-state index is 13.1. The first-order chi connectivity index (χ1) is 13.4. The van der Waals surface area contributed by atoms with E-state index in [4.69, 9.17) is 0 Å². The van der Waals surface area contributed by atoms with Gasteiger partial charge in [-0.3, -0.25) is 14.4 Å². The SMILES string of the molecule is O=C(c1cccc(Br)c1)N(C(=O)c1cccc(Br)c1)C(=O)c1cccc(Br)c1. The van der Waals surface area contributed by atoms with Crippen LogP contribution in [0.25, 0.3) is 0 Å². The third kappa shape index (κ3) is 4.66. The number of hydrogen-bond acceptors (Lipinski definition) is 3. The van der Waals surface area contributed by atoms with E-state index in [1.165, 1.54) is 0 Å². The van der Waals surface area contributed by atoms with Crippen molar-refractivity contribution in [2.45, 2.75) is 0 Å². The zero-order valence-electron chi connectivity index (χ0n) is 14.2. The predicted octanol–water partition coefficient (Wildman–Crippen LogP) is 6.10. The largest absolute Gasteiger partial charge is 0.268 e. The van der Waals surface area contributed by atoms with Gasteiger partial charge in [0.15, 0.2) is 0 Å². The minimum atomic E-state index is -0.698. The summed E-state index contributed by atoms with van der Waals surface area (Å²) in [7, 11) is 0. The minimum Gasteiger partial charge on any atom is -0.268 e. The Morgan fingerprint density at radius 3 is 1.07 bits per heavy atom. The minimum absolute atomic E-state index is 0.223. The van der Waals surface area contributed by atoms with Gasteiger partial charge in [-0.15, -0.1) is 0 Å². The van der Waals surface area contributed by atoms with E-state index < -0.39 is 17.7 Å². The zero-order chi connectivity index (χ0) is 20.3. The molecule has 3 amide bonds. The summed E-state index contributed by atoms with van der Waals surface area (Å²) in [5.41, 5.74) is 0.670. The first-order valence-corrected chi connectivity index (χ1v) is 10.4. The summed E-state index contributed by atoms with van der Waals surface area (Å²) in [5.74, 6) is -2.09. The van der Waals surface area contributed by atoms with E-state index in [0.29, 0.717) is 18.3 Å². The molecule has 0 saturated heterocycles. The monoisotopic (exact) mass is 563 g/mol. The second kappa shape index (κ2) is 8.94. The number of halogens is 3. The van der Waals surface area contributed by atoms with Crippen molar-refractivity contribution in [1.29, 1.82) is 0 Å². The highest BCUT2D eigenvalue weighted by Gasteiger charge is 2.31. The molecule has 4 nitrogen and oxygen atoms in total. The fourth-order valence-electron chi connectivity index (χ4n) is 2.53.